The van der Waals surface area contributed by atoms with Gasteiger partial charge in [0.15, 0.2) is 0 Å². The molecule has 0 aliphatic rings. The van der Waals surface area contributed by atoms with Crippen molar-refractivity contribution in [3.8, 4) is 0 Å². The fourth-order valence-electron chi connectivity index (χ4n) is 2.54. The van der Waals surface area contributed by atoms with E-state index in [1.54, 1.807) is 29.3 Å². The van der Waals surface area contributed by atoms with Gasteiger partial charge in [-0.15, -0.1) is 0 Å². The lowest BCUT2D eigenvalue weighted by atomic mass is 10.1. The van der Waals surface area contributed by atoms with E-state index in [2.05, 4.69) is 5.43 Å². The fourth-order valence-corrected chi connectivity index (χ4v) is 2.54. The quantitative estimate of drug-likeness (QED) is 0.674. The number of carbonyl (C=O) groups excluding carboxylic acids is 2. The molecule has 3 aromatic rings. The van der Waals surface area contributed by atoms with Gasteiger partial charge >= 0.3 is 0 Å². The Kier molecular flexibility index (Phi) is 5.29. The maximum absolute atomic E-state index is 12.6. The lowest BCUT2D eigenvalue weighted by Gasteiger charge is -2.25. The van der Waals surface area contributed by atoms with E-state index >= 15 is 0 Å². The number of rotatable bonds is 6. The summed E-state index contributed by atoms with van der Waals surface area (Å²) in [7, 11) is 0. The first-order valence-electron chi connectivity index (χ1n) is 8.21. The number of benzene rings is 3. The van der Waals surface area contributed by atoms with Crippen molar-refractivity contribution in [2.45, 2.75) is 6.54 Å². The Morgan fingerprint density at radius 3 is 1.88 bits per heavy atom. The molecule has 0 saturated heterocycles. The van der Waals surface area contributed by atoms with Gasteiger partial charge in [0.1, 0.15) is 0 Å². The van der Waals surface area contributed by atoms with E-state index in [4.69, 9.17) is 5.73 Å². The van der Waals surface area contributed by atoms with Crippen molar-refractivity contribution in [3.05, 3.63) is 102 Å². The largest absolute Gasteiger partial charge is 0.366 e. The van der Waals surface area contributed by atoms with Crippen LogP contribution in [0.2, 0.25) is 0 Å². The van der Waals surface area contributed by atoms with Crippen molar-refractivity contribution in [2.24, 2.45) is 5.73 Å². The minimum absolute atomic E-state index is 0.263. The minimum Gasteiger partial charge on any atom is -0.366 e. The molecule has 0 spiro atoms. The van der Waals surface area contributed by atoms with Crippen LogP contribution in [-0.2, 0) is 6.54 Å². The fraction of sp³-hybridized carbons (Fsp3) is 0.0476. The molecule has 26 heavy (non-hydrogen) atoms. The highest BCUT2D eigenvalue weighted by molar-refractivity contribution is 5.97. The Morgan fingerprint density at radius 1 is 0.769 bits per heavy atom. The smallest absolute Gasteiger partial charge is 0.269 e. The van der Waals surface area contributed by atoms with Crippen LogP contribution < -0.4 is 16.2 Å². The molecule has 0 atom stereocenters. The highest BCUT2D eigenvalue weighted by Gasteiger charge is 2.13. The number of para-hydroxylation sites is 1. The summed E-state index contributed by atoms with van der Waals surface area (Å²) in [6.45, 7) is 0.524. The number of carbonyl (C=O) groups is 2. The van der Waals surface area contributed by atoms with Crippen LogP contribution in [0.5, 0.6) is 0 Å². The van der Waals surface area contributed by atoms with Crippen LogP contribution in [0, 0.1) is 0 Å². The van der Waals surface area contributed by atoms with E-state index < -0.39 is 5.91 Å². The molecule has 3 aromatic carbocycles. The topological polar surface area (TPSA) is 75.4 Å². The minimum atomic E-state index is -0.521. The van der Waals surface area contributed by atoms with Crippen LogP contribution in [0.4, 0.5) is 5.69 Å². The van der Waals surface area contributed by atoms with E-state index in [1.807, 2.05) is 60.7 Å². The lowest BCUT2D eigenvalue weighted by molar-refractivity contribution is 0.0945. The summed E-state index contributed by atoms with van der Waals surface area (Å²) < 4.78 is 0. The molecule has 5 nitrogen and oxygen atoms in total. The number of primary amides is 1. The molecular weight excluding hydrogens is 326 g/mol. The third kappa shape index (κ3) is 4.27. The Morgan fingerprint density at radius 2 is 1.31 bits per heavy atom. The van der Waals surface area contributed by atoms with Crippen LogP contribution >= 0.6 is 0 Å². The molecule has 0 heterocycles. The molecule has 0 aromatic heterocycles. The van der Waals surface area contributed by atoms with Crippen molar-refractivity contribution in [1.82, 2.24) is 5.43 Å². The van der Waals surface area contributed by atoms with Gasteiger partial charge in [0, 0.05) is 11.1 Å². The number of anilines is 1. The van der Waals surface area contributed by atoms with Crippen molar-refractivity contribution in [2.75, 3.05) is 5.01 Å². The molecule has 2 amide bonds. The van der Waals surface area contributed by atoms with Crippen molar-refractivity contribution < 1.29 is 9.59 Å². The first kappa shape index (κ1) is 17.2. The molecule has 0 fully saturated rings. The second-order valence-electron chi connectivity index (χ2n) is 5.79. The summed E-state index contributed by atoms with van der Waals surface area (Å²) in [4.78, 5) is 23.8. The molecule has 0 saturated carbocycles. The summed E-state index contributed by atoms with van der Waals surface area (Å²) in [5, 5.41) is 1.79. The number of nitrogens with one attached hydrogen (secondary N) is 1. The number of hydrogen-bond acceptors (Lipinski definition) is 3. The molecule has 5 heteroatoms. The Bertz CT molecular complexity index is 878. The normalized spacial score (nSPS) is 10.2. The van der Waals surface area contributed by atoms with Crippen LogP contribution in [0.25, 0.3) is 0 Å². The number of amides is 2. The van der Waals surface area contributed by atoms with Gasteiger partial charge < -0.3 is 5.73 Å². The molecular formula is C21H19N3O2. The Labute approximate surface area is 152 Å². The maximum Gasteiger partial charge on any atom is 0.269 e. The Hall–Kier alpha value is -3.60. The van der Waals surface area contributed by atoms with Gasteiger partial charge in [-0.05, 0) is 42.0 Å². The second-order valence-corrected chi connectivity index (χ2v) is 5.79. The van der Waals surface area contributed by atoms with Gasteiger partial charge in [0.05, 0.1) is 12.2 Å². The van der Waals surface area contributed by atoms with Crippen molar-refractivity contribution in [3.63, 3.8) is 0 Å². The van der Waals surface area contributed by atoms with Crippen LogP contribution in [0.15, 0.2) is 84.9 Å². The summed E-state index contributed by atoms with van der Waals surface area (Å²) >= 11 is 0. The molecule has 0 aliphatic carbocycles. The van der Waals surface area contributed by atoms with Crippen LogP contribution in [0.1, 0.15) is 26.3 Å². The molecule has 3 rings (SSSR count). The van der Waals surface area contributed by atoms with Crippen molar-refractivity contribution >= 4 is 17.5 Å². The highest BCUT2D eigenvalue weighted by Crippen LogP contribution is 2.15. The SMILES string of the molecule is NC(=O)c1ccc(C(=O)NN(Cc2ccccc2)c2ccccc2)cc1. The summed E-state index contributed by atoms with van der Waals surface area (Å²) in [5.41, 5.74) is 10.9. The van der Waals surface area contributed by atoms with Crippen LogP contribution in [0.3, 0.4) is 0 Å². The third-order valence-corrected chi connectivity index (χ3v) is 3.92. The third-order valence-electron chi connectivity index (χ3n) is 3.92. The second kappa shape index (κ2) is 7.98. The first-order valence-corrected chi connectivity index (χ1v) is 8.21. The van der Waals surface area contributed by atoms with E-state index in [0.29, 0.717) is 17.7 Å². The average molecular weight is 345 g/mol. The first-order chi connectivity index (χ1) is 12.6. The maximum atomic E-state index is 12.6. The highest BCUT2D eigenvalue weighted by atomic mass is 16.2. The standard InChI is InChI=1S/C21H19N3O2/c22-20(25)17-11-13-18(14-12-17)21(26)23-24(19-9-5-2-6-10-19)15-16-7-3-1-4-8-16/h1-14H,15H2,(H2,22,25)(H,23,26). The predicted octanol–water partition coefficient (Wildman–Crippen LogP) is 3.14. The molecule has 130 valence electrons. The summed E-state index contributed by atoms with van der Waals surface area (Å²) in [5.74, 6) is -0.784. The summed E-state index contributed by atoms with van der Waals surface area (Å²) in [6.07, 6.45) is 0. The van der Waals surface area contributed by atoms with E-state index in [0.717, 1.165) is 11.3 Å². The molecule has 0 aliphatic heterocycles. The Balaban J connectivity index is 1.80. The van der Waals surface area contributed by atoms with Gasteiger partial charge in [0.25, 0.3) is 5.91 Å². The van der Waals surface area contributed by atoms with Gasteiger partial charge in [-0.2, -0.15) is 0 Å². The van der Waals surface area contributed by atoms with Crippen molar-refractivity contribution in [1.29, 1.82) is 0 Å². The zero-order valence-corrected chi connectivity index (χ0v) is 14.1. The zero-order valence-electron chi connectivity index (χ0n) is 14.1. The van der Waals surface area contributed by atoms with E-state index in [-0.39, 0.29) is 5.91 Å². The molecule has 0 bridgehead atoms. The summed E-state index contributed by atoms with van der Waals surface area (Å²) in [6, 6.07) is 25.8. The monoisotopic (exact) mass is 345 g/mol. The molecule has 3 N–H and O–H groups in total. The van der Waals surface area contributed by atoms with Gasteiger partial charge in [-0.25, -0.2) is 0 Å². The molecule has 0 radical (unpaired) electrons. The lowest BCUT2D eigenvalue weighted by Crippen LogP contribution is -2.42. The van der Waals surface area contributed by atoms with Gasteiger partial charge in [0.2, 0.25) is 5.91 Å². The number of nitrogens with two attached hydrogens (primary N) is 1. The van der Waals surface area contributed by atoms with E-state index in [9.17, 15) is 9.59 Å². The molecule has 0 unspecified atom stereocenters. The number of nitrogens with zero attached hydrogens (tertiary/aromatic N) is 1. The average Bonchev–Trinajstić information content (AvgIpc) is 2.69. The predicted molar refractivity (Wildman–Crippen MR) is 101 cm³/mol. The number of hydrogen-bond donors (Lipinski definition) is 2. The zero-order chi connectivity index (χ0) is 18.4. The van der Waals surface area contributed by atoms with Gasteiger partial charge in [-0.1, -0.05) is 48.5 Å². The number of hydrazine groups is 1. The van der Waals surface area contributed by atoms with Gasteiger partial charge in [-0.3, -0.25) is 20.0 Å². The van der Waals surface area contributed by atoms with E-state index in [1.165, 1.54) is 0 Å². The van der Waals surface area contributed by atoms with Crippen LogP contribution in [-0.4, -0.2) is 11.8 Å².